The molecule has 0 radical (unpaired) electrons. The number of hydrogen-bond acceptors (Lipinski definition) is 3. The van der Waals surface area contributed by atoms with Crippen LogP contribution >= 0.6 is 11.3 Å². The molecule has 0 aliphatic rings. The van der Waals surface area contributed by atoms with E-state index in [4.69, 9.17) is 0 Å². The summed E-state index contributed by atoms with van der Waals surface area (Å²) in [5, 5.41) is 0.783. The second-order valence-corrected chi connectivity index (χ2v) is 4.80. The molecule has 1 aromatic carbocycles. The van der Waals surface area contributed by atoms with Gasteiger partial charge in [-0.15, -0.1) is 11.3 Å². The first-order valence-electron chi connectivity index (χ1n) is 5.28. The molecule has 3 aromatic rings. The fraction of sp³-hybridized carbons (Fsp3) is 0. The van der Waals surface area contributed by atoms with Gasteiger partial charge in [0.2, 0.25) is 0 Å². The first kappa shape index (κ1) is 10.2. The lowest BCUT2D eigenvalue weighted by Crippen LogP contribution is -1.98. The predicted molar refractivity (Wildman–Crippen MR) is 71.3 cm³/mol. The first-order valence-corrected chi connectivity index (χ1v) is 6.09. The topological polar surface area (TPSA) is 30.0 Å². The summed E-state index contributed by atoms with van der Waals surface area (Å²) in [6.07, 6.45) is 3.51. The fourth-order valence-corrected chi connectivity index (χ4v) is 2.82. The van der Waals surface area contributed by atoms with E-state index in [0.717, 1.165) is 20.5 Å². The Balaban J connectivity index is 2.30. The summed E-state index contributed by atoms with van der Waals surface area (Å²) in [6, 6.07) is 13.2. The van der Waals surface area contributed by atoms with Crippen LogP contribution in [0.3, 0.4) is 0 Å². The standard InChI is InChI=1S/C14H9NOS/c16-12-8-14(10-4-3-7-15-9-10)17-13-6-2-1-5-11(12)13/h1-9H. The van der Waals surface area contributed by atoms with E-state index in [1.54, 1.807) is 29.8 Å². The van der Waals surface area contributed by atoms with E-state index >= 15 is 0 Å². The maximum atomic E-state index is 12.0. The van der Waals surface area contributed by atoms with Gasteiger partial charge in [-0.3, -0.25) is 9.78 Å². The van der Waals surface area contributed by atoms with Crippen molar-refractivity contribution in [2.24, 2.45) is 0 Å². The van der Waals surface area contributed by atoms with Crippen LogP contribution in [0.25, 0.3) is 20.5 Å². The van der Waals surface area contributed by atoms with Gasteiger partial charge in [0.05, 0.1) is 0 Å². The SMILES string of the molecule is O=c1cc(-c2cccnc2)sc2ccccc12. The van der Waals surface area contributed by atoms with Crippen LogP contribution in [0, 0.1) is 0 Å². The largest absolute Gasteiger partial charge is 0.289 e. The number of pyridine rings is 1. The number of aromatic nitrogens is 1. The van der Waals surface area contributed by atoms with Crippen molar-refractivity contribution in [1.82, 2.24) is 4.98 Å². The molecular weight excluding hydrogens is 230 g/mol. The molecule has 0 aliphatic heterocycles. The number of hydrogen-bond donors (Lipinski definition) is 0. The monoisotopic (exact) mass is 239 g/mol. The zero-order valence-corrected chi connectivity index (χ0v) is 9.78. The van der Waals surface area contributed by atoms with Gasteiger partial charge in [-0.1, -0.05) is 18.2 Å². The van der Waals surface area contributed by atoms with E-state index in [1.165, 1.54) is 0 Å². The van der Waals surface area contributed by atoms with E-state index in [-0.39, 0.29) is 5.43 Å². The fourth-order valence-electron chi connectivity index (χ4n) is 1.75. The molecule has 82 valence electrons. The maximum absolute atomic E-state index is 12.0. The van der Waals surface area contributed by atoms with E-state index in [9.17, 15) is 4.79 Å². The Morgan fingerprint density at radius 1 is 1.06 bits per heavy atom. The second-order valence-electron chi connectivity index (χ2n) is 3.71. The molecular formula is C14H9NOS. The number of nitrogens with zero attached hydrogens (tertiary/aromatic N) is 1. The molecule has 0 bridgehead atoms. The van der Waals surface area contributed by atoms with Gasteiger partial charge in [0, 0.05) is 39.0 Å². The first-order chi connectivity index (χ1) is 8.34. The molecule has 0 fully saturated rings. The van der Waals surface area contributed by atoms with Crippen molar-refractivity contribution in [3.8, 4) is 10.4 Å². The van der Waals surface area contributed by atoms with E-state index in [1.807, 2.05) is 36.4 Å². The van der Waals surface area contributed by atoms with Crippen molar-refractivity contribution in [2.45, 2.75) is 0 Å². The Morgan fingerprint density at radius 3 is 2.76 bits per heavy atom. The van der Waals surface area contributed by atoms with Crippen LogP contribution in [0.2, 0.25) is 0 Å². The van der Waals surface area contributed by atoms with Crippen molar-refractivity contribution in [3.05, 3.63) is 65.1 Å². The summed E-state index contributed by atoms with van der Waals surface area (Å²) in [5.74, 6) is 0. The summed E-state index contributed by atoms with van der Waals surface area (Å²) >= 11 is 1.61. The number of benzene rings is 1. The van der Waals surface area contributed by atoms with Crippen LogP contribution in [-0.2, 0) is 0 Å². The third kappa shape index (κ3) is 1.85. The number of fused-ring (bicyclic) bond motifs is 1. The molecule has 2 nitrogen and oxygen atoms in total. The van der Waals surface area contributed by atoms with Crippen molar-refractivity contribution in [3.63, 3.8) is 0 Å². The van der Waals surface area contributed by atoms with Gasteiger partial charge in [-0.2, -0.15) is 0 Å². The minimum Gasteiger partial charge on any atom is -0.289 e. The lowest BCUT2D eigenvalue weighted by molar-refractivity contribution is 1.33. The Labute approximate surface area is 102 Å². The zero-order chi connectivity index (χ0) is 11.7. The predicted octanol–water partition coefficient (Wildman–Crippen LogP) is 3.32. The molecule has 0 aliphatic carbocycles. The van der Waals surface area contributed by atoms with Gasteiger partial charge in [-0.05, 0) is 18.2 Å². The lowest BCUT2D eigenvalue weighted by Gasteiger charge is -2.01. The third-order valence-electron chi connectivity index (χ3n) is 2.58. The molecule has 0 N–H and O–H groups in total. The lowest BCUT2D eigenvalue weighted by atomic mass is 10.2. The Kier molecular flexibility index (Phi) is 2.46. The van der Waals surface area contributed by atoms with Crippen LogP contribution < -0.4 is 5.43 Å². The molecule has 0 amide bonds. The van der Waals surface area contributed by atoms with Crippen molar-refractivity contribution in [2.75, 3.05) is 0 Å². The van der Waals surface area contributed by atoms with Gasteiger partial charge < -0.3 is 0 Å². The maximum Gasteiger partial charge on any atom is 0.188 e. The van der Waals surface area contributed by atoms with Crippen LogP contribution in [0.15, 0.2) is 59.7 Å². The van der Waals surface area contributed by atoms with Gasteiger partial charge in [0.1, 0.15) is 0 Å². The van der Waals surface area contributed by atoms with Crippen molar-refractivity contribution < 1.29 is 0 Å². The molecule has 2 aromatic heterocycles. The summed E-state index contributed by atoms with van der Waals surface area (Å²) in [7, 11) is 0. The molecule has 0 saturated heterocycles. The van der Waals surface area contributed by atoms with Gasteiger partial charge in [0.15, 0.2) is 5.43 Å². The van der Waals surface area contributed by atoms with E-state index in [0.29, 0.717) is 0 Å². The quantitative estimate of drug-likeness (QED) is 0.652. The second kappa shape index (κ2) is 4.11. The molecule has 17 heavy (non-hydrogen) atoms. The zero-order valence-electron chi connectivity index (χ0n) is 8.96. The normalized spacial score (nSPS) is 10.6. The average molecular weight is 239 g/mol. The van der Waals surface area contributed by atoms with Gasteiger partial charge in [0.25, 0.3) is 0 Å². The highest BCUT2D eigenvalue weighted by Crippen LogP contribution is 2.26. The minimum atomic E-state index is 0.0678. The average Bonchev–Trinajstić information content (AvgIpc) is 2.40. The van der Waals surface area contributed by atoms with Crippen LogP contribution in [0.4, 0.5) is 0 Å². The molecule has 0 spiro atoms. The van der Waals surface area contributed by atoms with Crippen molar-refractivity contribution in [1.29, 1.82) is 0 Å². The highest BCUT2D eigenvalue weighted by molar-refractivity contribution is 7.21. The van der Waals surface area contributed by atoms with Gasteiger partial charge >= 0.3 is 0 Å². The Morgan fingerprint density at radius 2 is 1.94 bits per heavy atom. The van der Waals surface area contributed by atoms with Crippen LogP contribution in [-0.4, -0.2) is 4.98 Å². The van der Waals surface area contributed by atoms with Crippen molar-refractivity contribution >= 4 is 21.4 Å². The summed E-state index contributed by atoms with van der Waals surface area (Å²) in [6.45, 7) is 0. The summed E-state index contributed by atoms with van der Waals surface area (Å²) < 4.78 is 1.01. The smallest absolute Gasteiger partial charge is 0.188 e. The van der Waals surface area contributed by atoms with Crippen LogP contribution in [0.1, 0.15) is 0 Å². The van der Waals surface area contributed by atoms with E-state index in [2.05, 4.69) is 4.98 Å². The van der Waals surface area contributed by atoms with E-state index < -0.39 is 0 Å². The molecule has 3 heteroatoms. The summed E-state index contributed by atoms with van der Waals surface area (Å²) in [5.41, 5.74) is 1.05. The minimum absolute atomic E-state index is 0.0678. The van der Waals surface area contributed by atoms with Gasteiger partial charge in [-0.25, -0.2) is 0 Å². The molecule has 0 unspecified atom stereocenters. The highest BCUT2D eigenvalue weighted by atomic mass is 32.1. The third-order valence-corrected chi connectivity index (χ3v) is 3.73. The number of rotatable bonds is 1. The summed E-state index contributed by atoms with van der Waals surface area (Å²) in [4.78, 5) is 17.0. The molecule has 3 rings (SSSR count). The molecule has 0 saturated carbocycles. The highest BCUT2D eigenvalue weighted by Gasteiger charge is 2.04. The Hall–Kier alpha value is -2.00. The molecule has 2 heterocycles. The van der Waals surface area contributed by atoms with Crippen LogP contribution in [0.5, 0.6) is 0 Å². The molecule has 0 atom stereocenters. The Bertz CT molecular complexity index is 719.